The van der Waals surface area contributed by atoms with E-state index in [1.807, 2.05) is 13.0 Å². The van der Waals surface area contributed by atoms with E-state index in [0.717, 1.165) is 34.0 Å². The third kappa shape index (κ3) is 3.73. The highest BCUT2D eigenvalue weighted by Crippen LogP contribution is 2.41. The van der Waals surface area contributed by atoms with Crippen molar-refractivity contribution in [3.63, 3.8) is 0 Å². The van der Waals surface area contributed by atoms with Gasteiger partial charge in [-0.1, -0.05) is 35.9 Å². The summed E-state index contributed by atoms with van der Waals surface area (Å²) in [5.74, 6) is 0.372. The minimum atomic E-state index is -4.87. The standard InChI is InChI=1S/C22H22N2O4S2/c1-16-8-12-20(13-9-16)29(25,26)30(27,28)24(19-6-4-3-5-7-19)22-15-17(2)14-21(23-22)18-10-11-18/h3-9,12-15,18H,10-11H2,1-2H3. The Morgan fingerprint density at radius 3 is 2.07 bits per heavy atom. The van der Waals surface area contributed by atoms with Gasteiger partial charge in [0, 0.05) is 11.6 Å². The fourth-order valence-corrected chi connectivity index (χ4v) is 6.98. The van der Waals surface area contributed by atoms with Crippen molar-refractivity contribution in [2.75, 3.05) is 4.31 Å². The molecule has 1 saturated carbocycles. The van der Waals surface area contributed by atoms with Gasteiger partial charge in [0.25, 0.3) is 0 Å². The van der Waals surface area contributed by atoms with Crippen LogP contribution in [0, 0.1) is 13.8 Å². The van der Waals surface area contributed by atoms with Crippen LogP contribution in [-0.2, 0) is 17.9 Å². The normalized spacial score (nSPS) is 14.5. The van der Waals surface area contributed by atoms with Crippen molar-refractivity contribution >= 4 is 29.4 Å². The Labute approximate surface area is 176 Å². The molecule has 3 aromatic rings. The van der Waals surface area contributed by atoms with E-state index in [-0.39, 0.29) is 22.3 Å². The van der Waals surface area contributed by atoms with Crippen molar-refractivity contribution in [3.8, 4) is 0 Å². The van der Waals surface area contributed by atoms with Gasteiger partial charge in [-0.2, -0.15) is 8.42 Å². The van der Waals surface area contributed by atoms with E-state index in [9.17, 15) is 16.8 Å². The van der Waals surface area contributed by atoms with E-state index in [0.29, 0.717) is 0 Å². The molecule has 4 rings (SSSR count). The van der Waals surface area contributed by atoms with E-state index in [1.165, 1.54) is 12.1 Å². The molecule has 1 aliphatic carbocycles. The summed E-state index contributed by atoms with van der Waals surface area (Å²) in [6, 6.07) is 17.5. The lowest BCUT2D eigenvalue weighted by Gasteiger charge is -2.24. The molecule has 0 unspecified atom stereocenters. The van der Waals surface area contributed by atoms with Gasteiger partial charge >= 0.3 is 17.9 Å². The van der Waals surface area contributed by atoms with Crippen LogP contribution in [-0.4, -0.2) is 21.8 Å². The molecule has 0 N–H and O–H groups in total. The van der Waals surface area contributed by atoms with Crippen molar-refractivity contribution in [1.29, 1.82) is 0 Å². The molecule has 30 heavy (non-hydrogen) atoms. The van der Waals surface area contributed by atoms with Gasteiger partial charge < -0.3 is 0 Å². The summed E-state index contributed by atoms with van der Waals surface area (Å²) in [4.78, 5) is 4.27. The molecular weight excluding hydrogens is 420 g/mol. The van der Waals surface area contributed by atoms with Gasteiger partial charge in [0.05, 0.1) is 10.6 Å². The summed E-state index contributed by atoms with van der Waals surface area (Å²) in [5.41, 5.74) is 2.66. The quantitative estimate of drug-likeness (QED) is 0.527. The second-order valence-corrected chi connectivity index (χ2v) is 12.7. The monoisotopic (exact) mass is 442 g/mol. The molecule has 0 aliphatic heterocycles. The summed E-state index contributed by atoms with van der Waals surface area (Å²) < 4.78 is 54.3. The van der Waals surface area contributed by atoms with E-state index < -0.39 is 17.9 Å². The molecule has 0 atom stereocenters. The second kappa shape index (κ2) is 7.52. The number of hydrogen-bond acceptors (Lipinski definition) is 5. The van der Waals surface area contributed by atoms with Gasteiger partial charge in [0.1, 0.15) is 5.82 Å². The SMILES string of the molecule is Cc1ccc(S(=O)(=O)S(=O)(=O)N(c2ccccc2)c2cc(C)cc(C3CC3)n2)cc1. The number of pyridine rings is 1. The highest BCUT2D eigenvalue weighted by Gasteiger charge is 2.40. The number of hydrogen-bond donors (Lipinski definition) is 0. The van der Waals surface area contributed by atoms with E-state index in [1.54, 1.807) is 55.5 Å². The van der Waals surface area contributed by atoms with Crippen molar-refractivity contribution in [3.05, 3.63) is 83.6 Å². The number of anilines is 2. The predicted molar refractivity (Wildman–Crippen MR) is 117 cm³/mol. The molecule has 0 spiro atoms. The van der Waals surface area contributed by atoms with Gasteiger partial charge in [-0.3, -0.25) is 0 Å². The fraction of sp³-hybridized carbons (Fsp3) is 0.227. The average molecular weight is 443 g/mol. The Morgan fingerprint density at radius 1 is 0.833 bits per heavy atom. The van der Waals surface area contributed by atoms with Gasteiger partial charge in [-0.25, -0.2) is 17.7 Å². The van der Waals surface area contributed by atoms with Crippen LogP contribution in [0.2, 0.25) is 0 Å². The largest absolute Gasteiger partial charge is 0.351 e. The highest BCUT2D eigenvalue weighted by atomic mass is 33.2. The Morgan fingerprint density at radius 2 is 1.47 bits per heavy atom. The average Bonchev–Trinajstić information content (AvgIpc) is 3.54. The van der Waals surface area contributed by atoms with Crippen LogP contribution >= 0.6 is 0 Å². The molecule has 2 aromatic carbocycles. The minimum Gasteiger partial charge on any atom is -0.234 e. The highest BCUT2D eigenvalue weighted by molar-refractivity contribution is 8.67. The minimum absolute atomic E-state index is 0.0822. The van der Waals surface area contributed by atoms with Crippen molar-refractivity contribution < 1.29 is 16.8 Å². The van der Waals surface area contributed by atoms with Gasteiger partial charge in [-0.05, 0) is 68.7 Å². The first-order valence-electron chi connectivity index (χ1n) is 9.61. The second-order valence-electron chi connectivity index (χ2n) is 7.53. The molecule has 1 aliphatic rings. The molecule has 0 saturated heterocycles. The van der Waals surface area contributed by atoms with Crippen LogP contribution in [0.5, 0.6) is 0 Å². The van der Waals surface area contributed by atoms with Crippen LogP contribution in [0.3, 0.4) is 0 Å². The summed E-state index contributed by atoms with van der Waals surface area (Å²) >= 11 is 0. The predicted octanol–water partition coefficient (Wildman–Crippen LogP) is 4.43. The lowest BCUT2D eigenvalue weighted by molar-refractivity contribution is 0.582. The van der Waals surface area contributed by atoms with E-state index in [4.69, 9.17) is 0 Å². The number of aromatic nitrogens is 1. The zero-order valence-corrected chi connectivity index (χ0v) is 18.3. The first kappa shape index (κ1) is 20.6. The Kier molecular flexibility index (Phi) is 5.15. The smallest absolute Gasteiger partial charge is 0.234 e. The molecule has 6 nitrogen and oxygen atoms in total. The number of rotatable bonds is 6. The van der Waals surface area contributed by atoms with Crippen LogP contribution in [0.25, 0.3) is 0 Å². The maximum atomic E-state index is 13.5. The van der Waals surface area contributed by atoms with E-state index >= 15 is 0 Å². The number of benzene rings is 2. The summed E-state index contributed by atoms with van der Waals surface area (Å²) in [5, 5.41) is 0. The summed E-state index contributed by atoms with van der Waals surface area (Å²) in [6.07, 6.45) is 1.99. The maximum absolute atomic E-state index is 13.5. The topological polar surface area (TPSA) is 84.4 Å². The molecule has 156 valence electrons. The van der Waals surface area contributed by atoms with Crippen molar-refractivity contribution in [1.82, 2.24) is 4.98 Å². The van der Waals surface area contributed by atoms with Gasteiger partial charge in [0.2, 0.25) is 0 Å². The molecule has 1 fully saturated rings. The van der Waals surface area contributed by atoms with E-state index in [2.05, 4.69) is 4.98 Å². The van der Waals surface area contributed by atoms with Crippen LogP contribution in [0.1, 0.15) is 35.6 Å². The van der Waals surface area contributed by atoms with Crippen LogP contribution < -0.4 is 4.31 Å². The zero-order chi connectivity index (χ0) is 21.5. The van der Waals surface area contributed by atoms with Crippen molar-refractivity contribution in [2.45, 2.75) is 37.5 Å². The summed E-state index contributed by atoms with van der Waals surface area (Å²) in [7, 11) is -9.59. The molecule has 1 heterocycles. The van der Waals surface area contributed by atoms with Crippen LogP contribution in [0.4, 0.5) is 11.5 Å². The lowest BCUT2D eigenvalue weighted by atomic mass is 10.2. The first-order valence-corrected chi connectivity index (χ1v) is 13.0. The summed E-state index contributed by atoms with van der Waals surface area (Å²) in [6.45, 7) is 3.65. The number of aryl methyl sites for hydroxylation is 2. The molecule has 8 heteroatoms. The molecule has 0 bridgehead atoms. The molecule has 0 radical (unpaired) electrons. The van der Waals surface area contributed by atoms with Gasteiger partial charge in [-0.15, -0.1) is 0 Å². The number of para-hydroxylation sites is 1. The fourth-order valence-electron chi connectivity index (χ4n) is 3.23. The Balaban J connectivity index is 1.92. The maximum Gasteiger partial charge on any atom is 0.351 e. The Hall–Kier alpha value is -2.71. The Bertz CT molecular complexity index is 1280. The number of nitrogens with zero attached hydrogens (tertiary/aromatic N) is 2. The van der Waals surface area contributed by atoms with Crippen LogP contribution in [0.15, 0.2) is 71.6 Å². The molecule has 0 amide bonds. The third-order valence-electron chi connectivity index (χ3n) is 4.98. The third-order valence-corrected chi connectivity index (χ3v) is 9.92. The zero-order valence-electron chi connectivity index (χ0n) is 16.7. The van der Waals surface area contributed by atoms with Gasteiger partial charge in [0.15, 0.2) is 0 Å². The van der Waals surface area contributed by atoms with Crippen molar-refractivity contribution in [2.24, 2.45) is 0 Å². The lowest BCUT2D eigenvalue weighted by Crippen LogP contribution is -2.33. The molecular formula is C22H22N2O4S2. The molecule has 1 aromatic heterocycles. The first-order chi connectivity index (χ1) is 14.2.